The van der Waals surface area contributed by atoms with Gasteiger partial charge in [-0.05, 0) is 62.4 Å². The van der Waals surface area contributed by atoms with Crippen molar-refractivity contribution >= 4 is 18.2 Å². The van der Waals surface area contributed by atoms with Crippen LogP contribution in [0.5, 0.6) is 0 Å². The number of hydrogen-bond acceptors (Lipinski definition) is 6. The maximum atomic E-state index is 14.0. The summed E-state index contributed by atoms with van der Waals surface area (Å²) in [5.74, 6) is -1.03. The molecule has 1 N–H and O–H groups in total. The SMILES string of the molecule is Cc1oc(C(=O)O)cc1CN(C(=O)OCC1c2ccccc2-c2ccccc21)C1CCN(C(=O)OC(C)(C)C)CC1(C)C. The maximum absolute atomic E-state index is 14.0. The van der Waals surface area contributed by atoms with Crippen molar-refractivity contribution in [3.63, 3.8) is 0 Å². The molecule has 2 aliphatic rings. The van der Waals surface area contributed by atoms with Gasteiger partial charge in [0.15, 0.2) is 0 Å². The third-order valence-electron chi connectivity index (χ3n) is 8.34. The van der Waals surface area contributed by atoms with Gasteiger partial charge in [0.2, 0.25) is 5.76 Å². The number of piperidine rings is 1. The molecule has 2 heterocycles. The van der Waals surface area contributed by atoms with Crippen molar-refractivity contribution in [1.82, 2.24) is 9.80 Å². The van der Waals surface area contributed by atoms with E-state index >= 15 is 0 Å². The van der Waals surface area contributed by atoms with E-state index in [1.165, 1.54) is 6.07 Å². The number of fused-ring (bicyclic) bond motifs is 3. The van der Waals surface area contributed by atoms with E-state index in [9.17, 15) is 19.5 Å². The van der Waals surface area contributed by atoms with E-state index < -0.39 is 23.1 Å². The van der Waals surface area contributed by atoms with Gasteiger partial charge in [0.05, 0.1) is 6.54 Å². The summed E-state index contributed by atoms with van der Waals surface area (Å²) in [5.41, 5.74) is 3.97. The number of rotatable bonds is 6. The third kappa shape index (κ3) is 6.26. The lowest BCUT2D eigenvalue weighted by Gasteiger charge is -2.48. The van der Waals surface area contributed by atoms with Crippen molar-refractivity contribution in [1.29, 1.82) is 0 Å². The number of carboxylic acid groups (broad SMARTS) is 1. The molecule has 3 aromatic rings. The molecule has 0 spiro atoms. The Balaban J connectivity index is 1.40. The van der Waals surface area contributed by atoms with E-state index in [-0.39, 0.29) is 37.0 Å². The molecule has 1 aliphatic heterocycles. The van der Waals surface area contributed by atoms with Gasteiger partial charge in [0.25, 0.3) is 0 Å². The average Bonchev–Trinajstić information content (AvgIpc) is 3.46. The van der Waals surface area contributed by atoms with Crippen molar-refractivity contribution < 1.29 is 33.4 Å². The lowest BCUT2D eigenvalue weighted by molar-refractivity contribution is -0.0216. The van der Waals surface area contributed by atoms with Crippen LogP contribution in [-0.2, 0) is 16.0 Å². The minimum absolute atomic E-state index is 0.102. The van der Waals surface area contributed by atoms with Crippen LogP contribution in [0.3, 0.4) is 0 Å². The maximum Gasteiger partial charge on any atom is 0.410 e. The second-order valence-corrected chi connectivity index (χ2v) is 13.1. The third-order valence-corrected chi connectivity index (χ3v) is 8.34. The fraction of sp³-hybridized carbons (Fsp3) is 0.441. The van der Waals surface area contributed by atoms with Crippen LogP contribution in [0.25, 0.3) is 11.1 Å². The smallest absolute Gasteiger partial charge is 0.410 e. The van der Waals surface area contributed by atoms with E-state index in [0.29, 0.717) is 30.8 Å². The van der Waals surface area contributed by atoms with E-state index in [4.69, 9.17) is 13.9 Å². The number of aromatic carboxylic acids is 1. The van der Waals surface area contributed by atoms with Gasteiger partial charge >= 0.3 is 18.2 Å². The van der Waals surface area contributed by atoms with Crippen LogP contribution in [0, 0.1) is 12.3 Å². The number of likely N-dealkylation sites (tertiary alicyclic amines) is 1. The Morgan fingerprint density at radius 2 is 1.65 bits per heavy atom. The molecule has 43 heavy (non-hydrogen) atoms. The first-order valence-corrected chi connectivity index (χ1v) is 14.7. The van der Waals surface area contributed by atoms with Gasteiger partial charge in [0, 0.05) is 36.0 Å². The number of amides is 2. The zero-order chi connectivity index (χ0) is 31.1. The lowest BCUT2D eigenvalue weighted by Crippen LogP contribution is -2.58. The monoisotopic (exact) mass is 588 g/mol. The number of furan rings is 1. The van der Waals surface area contributed by atoms with Crippen LogP contribution < -0.4 is 0 Å². The first-order valence-electron chi connectivity index (χ1n) is 14.7. The molecule has 228 valence electrons. The highest BCUT2D eigenvalue weighted by Gasteiger charge is 2.44. The Labute approximate surface area is 252 Å². The Bertz CT molecular complexity index is 1490. The fourth-order valence-corrected chi connectivity index (χ4v) is 6.35. The highest BCUT2D eigenvalue weighted by Crippen LogP contribution is 2.45. The molecule has 0 radical (unpaired) electrons. The number of carboxylic acids is 1. The van der Waals surface area contributed by atoms with Gasteiger partial charge < -0.3 is 28.8 Å². The van der Waals surface area contributed by atoms with Gasteiger partial charge in [0.1, 0.15) is 18.0 Å². The molecule has 9 heteroatoms. The zero-order valence-corrected chi connectivity index (χ0v) is 25.7. The van der Waals surface area contributed by atoms with E-state index in [1.807, 2.05) is 58.9 Å². The first kappa shape index (κ1) is 30.2. The molecule has 9 nitrogen and oxygen atoms in total. The molecule has 0 bridgehead atoms. The quantitative estimate of drug-likeness (QED) is 0.328. The molecule has 5 rings (SSSR count). The van der Waals surface area contributed by atoms with E-state index in [2.05, 4.69) is 24.3 Å². The topological polar surface area (TPSA) is 110 Å². The van der Waals surface area contributed by atoms with Crippen molar-refractivity contribution in [3.8, 4) is 11.1 Å². The molecule has 1 aromatic heterocycles. The predicted octanol–water partition coefficient (Wildman–Crippen LogP) is 7.07. The van der Waals surface area contributed by atoms with Gasteiger partial charge in [-0.25, -0.2) is 14.4 Å². The zero-order valence-electron chi connectivity index (χ0n) is 25.7. The summed E-state index contributed by atoms with van der Waals surface area (Å²) in [6, 6.07) is 17.5. The van der Waals surface area contributed by atoms with Gasteiger partial charge in [-0.1, -0.05) is 62.4 Å². The molecule has 1 saturated heterocycles. The molecule has 1 fully saturated rings. The summed E-state index contributed by atoms with van der Waals surface area (Å²) in [7, 11) is 0. The standard InChI is InChI=1S/C34H40N2O7/c1-21-22(17-28(42-21)30(37)38)18-36(29-15-16-35(20-34(29,5)6)31(39)43-33(2,3)4)32(40)41-19-27-25-13-9-7-11-23(25)24-12-8-10-14-26(24)27/h7-14,17,27,29H,15-16,18-20H2,1-6H3,(H,37,38). The van der Waals surface area contributed by atoms with Gasteiger partial charge in [-0.2, -0.15) is 0 Å². The normalized spacial score (nSPS) is 17.6. The van der Waals surface area contributed by atoms with Crippen LogP contribution >= 0.6 is 0 Å². The number of carbonyl (C=O) groups is 3. The second-order valence-electron chi connectivity index (χ2n) is 13.1. The number of benzene rings is 2. The highest BCUT2D eigenvalue weighted by atomic mass is 16.6. The molecular weight excluding hydrogens is 548 g/mol. The minimum atomic E-state index is -1.17. The second kappa shape index (κ2) is 11.4. The van der Waals surface area contributed by atoms with Gasteiger partial charge in [-0.3, -0.25) is 0 Å². The summed E-state index contributed by atoms with van der Waals surface area (Å²) in [5, 5.41) is 9.48. The number of ether oxygens (including phenoxy) is 2. The molecular formula is C34H40N2O7. The average molecular weight is 589 g/mol. The summed E-state index contributed by atoms with van der Waals surface area (Å²) in [6.07, 6.45) is -0.384. The van der Waals surface area contributed by atoms with Crippen LogP contribution in [-0.4, -0.2) is 64.4 Å². The molecule has 2 amide bonds. The summed E-state index contributed by atoms with van der Waals surface area (Å²) >= 11 is 0. The van der Waals surface area contributed by atoms with Crippen LogP contribution in [0.4, 0.5) is 9.59 Å². The summed E-state index contributed by atoms with van der Waals surface area (Å²) < 4.78 is 17.2. The highest BCUT2D eigenvalue weighted by molar-refractivity contribution is 5.84. The Hall–Kier alpha value is -4.27. The fourth-order valence-electron chi connectivity index (χ4n) is 6.35. The minimum Gasteiger partial charge on any atom is -0.475 e. The van der Waals surface area contributed by atoms with E-state index in [1.54, 1.807) is 16.7 Å². The largest absolute Gasteiger partial charge is 0.475 e. The number of hydrogen-bond donors (Lipinski definition) is 1. The Morgan fingerprint density at radius 3 is 2.19 bits per heavy atom. The number of nitrogens with zero attached hydrogens (tertiary/aromatic N) is 2. The van der Waals surface area contributed by atoms with Crippen molar-refractivity contribution in [2.24, 2.45) is 5.41 Å². The molecule has 0 saturated carbocycles. The molecule has 1 unspecified atom stereocenters. The van der Waals surface area contributed by atoms with E-state index in [0.717, 1.165) is 22.3 Å². The van der Waals surface area contributed by atoms with Crippen molar-refractivity contribution in [2.45, 2.75) is 72.1 Å². The van der Waals surface area contributed by atoms with Crippen molar-refractivity contribution in [3.05, 3.63) is 82.8 Å². The Morgan fingerprint density at radius 1 is 1.05 bits per heavy atom. The lowest BCUT2D eigenvalue weighted by atomic mass is 9.78. The number of carbonyl (C=O) groups excluding carboxylic acids is 2. The molecule has 2 aromatic carbocycles. The van der Waals surface area contributed by atoms with Crippen LogP contribution in [0.2, 0.25) is 0 Å². The summed E-state index contributed by atoms with van der Waals surface area (Å²) in [4.78, 5) is 41.9. The Kier molecular flexibility index (Phi) is 8.03. The van der Waals surface area contributed by atoms with Crippen LogP contribution in [0.15, 0.2) is 59.0 Å². The summed E-state index contributed by atoms with van der Waals surface area (Å²) in [6.45, 7) is 12.3. The van der Waals surface area contributed by atoms with Gasteiger partial charge in [-0.15, -0.1) is 0 Å². The molecule has 1 atom stereocenters. The number of aryl methyl sites for hydroxylation is 1. The molecule has 1 aliphatic carbocycles. The van der Waals surface area contributed by atoms with Crippen molar-refractivity contribution in [2.75, 3.05) is 19.7 Å². The first-order chi connectivity index (χ1) is 20.2. The van der Waals surface area contributed by atoms with Crippen LogP contribution in [0.1, 0.15) is 80.0 Å². The predicted molar refractivity (Wildman–Crippen MR) is 161 cm³/mol.